The van der Waals surface area contributed by atoms with Crippen molar-refractivity contribution in [2.24, 2.45) is 11.3 Å². The van der Waals surface area contributed by atoms with Crippen LogP contribution >= 0.6 is 0 Å². The summed E-state index contributed by atoms with van der Waals surface area (Å²) in [6, 6.07) is 7.84. The van der Waals surface area contributed by atoms with Crippen molar-refractivity contribution in [2.75, 3.05) is 6.61 Å². The van der Waals surface area contributed by atoms with Gasteiger partial charge in [-0.05, 0) is 72.4 Å². The molecule has 1 heterocycles. The van der Waals surface area contributed by atoms with Gasteiger partial charge in [0.05, 0.1) is 11.6 Å². The van der Waals surface area contributed by atoms with Crippen LogP contribution in [0.3, 0.4) is 0 Å². The van der Waals surface area contributed by atoms with Gasteiger partial charge in [0.25, 0.3) is 0 Å². The number of amides is 1. The SMILES string of the molecule is CC(C)(C)C1CCC(Oc2ccc3cc([C@]4(C)COC(=O)N4)ccc3c2C(F)(F)F)CC1. The minimum atomic E-state index is -4.55. The number of nitrogens with one attached hydrogen (secondary N) is 1. The van der Waals surface area contributed by atoms with Crippen LogP contribution < -0.4 is 10.1 Å². The van der Waals surface area contributed by atoms with Gasteiger partial charge in [0, 0.05) is 0 Å². The Balaban J connectivity index is 1.64. The standard InChI is InChI=1S/C25H30F3NO3/c1-23(2,3)16-6-9-18(10-7-16)32-20-12-5-15-13-17(24(4)14-31-22(30)29-24)8-11-19(15)21(20)25(26,27)28/h5,8,11-13,16,18H,6-7,9-10,14H2,1-4H3,(H,29,30)/t16?,18?,24-/m0/s1. The van der Waals surface area contributed by atoms with Gasteiger partial charge in [0.1, 0.15) is 17.9 Å². The Morgan fingerprint density at radius 1 is 1.06 bits per heavy atom. The van der Waals surface area contributed by atoms with Gasteiger partial charge in [-0.25, -0.2) is 4.79 Å². The highest BCUT2D eigenvalue weighted by Crippen LogP contribution is 2.44. The van der Waals surface area contributed by atoms with Crippen LogP contribution in [0.1, 0.15) is 64.5 Å². The number of halogens is 3. The molecule has 0 bridgehead atoms. The summed E-state index contributed by atoms with van der Waals surface area (Å²) in [5.41, 5.74) is -0.622. The molecular formula is C25H30F3NO3. The lowest BCUT2D eigenvalue weighted by Gasteiger charge is -2.37. The number of carbonyl (C=O) groups is 1. The molecule has 0 unspecified atom stereocenters. The summed E-state index contributed by atoms with van der Waals surface area (Å²) in [5, 5.41) is 3.27. The summed E-state index contributed by atoms with van der Waals surface area (Å²) >= 11 is 0. The van der Waals surface area contributed by atoms with E-state index in [1.807, 2.05) is 0 Å². The Hall–Kier alpha value is -2.44. The number of fused-ring (bicyclic) bond motifs is 1. The number of rotatable bonds is 3. The number of benzene rings is 2. The molecule has 1 aliphatic carbocycles. The van der Waals surface area contributed by atoms with Crippen molar-refractivity contribution in [3.05, 3.63) is 41.5 Å². The average molecular weight is 450 g/mol. The molecule has 4 rings (SSSR count). The fraction of sp³-hybridized carbons (Fsp3) is 0.560. The molecule has 2 aromatic rings. The Kier molecular flexibility index (Phi) is 5.58. The monoisotopic (exact) mass is 449 g/mol. The molecule has 1 amide bonds. The molecule has 4 nitrogen and oxygen atoms in total. The number of hydrogen-bond donors (Lipinski definition) is 1. The van der Waals surface area contributed by atoms with E-state index >= 15 is 0 Å². The fourth-order valence-corrected chi connectivity index (χ4v) is 4.93. The van der Waals surface area contributed by atoms with Crippen molar-refractivity contribution in [1.82, 2.24) is 5.32 Å². The van der Waals surface area contributed by atoms with E-state index in [-0.39, 0.29) is 29.3 Å². The van der Waals surface area contributed by atoms with Crippen LogP contribution in [0.5, 0.6) is 5.75 Å². The Morgan fingerprint density at radius 2 is 1.75 bits per heavy atom. The molecule has 2 aliphatic rings. The van der Waals surface area contributed by atoms with Gasteiger partial charge >= 0.3 is 12.3 Å². The lowest BCUT2D eigenvalue weighted by molar-refractivity contribution is -0.138. The van der Waals surface area contributed by atoms with Gasteiger partial charge in [-0.3, -0.25) is 0 Å². The van der Waals surface area contributed by atoms with Crippen molar-refractivity contribution < 1.29 is 27.4 Å². The molecule has 7 heteroatoms. The van der Waals surface area contributed by atoms with Crippen molar-refractivity contribution in [2.45, 2.75) is 71.2 Å². The number of ether oxygens (including phenoxy) is 2. The summed E-state index contributed by atoms with van der Waals surface area (Å²) in [5.74, 6) is 0.446. The van der Waals surface area contributed by atoms with E-state index in [1.54, 1.807) is 25.1 Å². The number of alkyl carbamates (subject to hydrolysis) is 1. The summed E-state index contributed by atoms with van der Waals surface area (Å²) in [7, 11) is 0. The van der Waals surface area contributed by atoms with Crippen LogP contribution in [-0.4, -0.2) is 18.8 Å². The van der Waals surface area contributed by atoms with Gasteiger partial charge in [0.15, 0.2) is 0 Å². The minimum absolute atomic E-state index is 0.0935. The molecule has 1 aliphatic heterocycles. The lowest BCUT2D eigenvalue weighted by atomic mass is 9.72. The Labute approximate surface area is 186 Å². The Morgan fingerprint density at radius 3 is 2.31 bits per heavy atom. The molecule has 1 saturated carbocycles. The molecule has 1 saturated heterocycles. The predicted molar refractivity (Wildman–Crippen MR) is 117 cm³/mol. The molecule has 0 spiro atoms. The van der Waals surface area contributed by atoms with E-state index in [4.69, 9.17) is 9.47 Å². The summed E-state index contributed by atoms with van der Waals surface area (Å²) in [6.07, 6.45) is -1.86. The first-order valence-electron chi connectivity index (χ1n) is 11.1. The lowest BCUT2D eigenvalue weighted by Crippen LogP contribution is -2.37. The van der Waals surface area contributed by atoms with Crippen molar-refractivity contribution in [3.63, 3.8) is 0 Å². The second-order valence-electron chi connectivity index (χ2n) is 10.4. The van der Waals surface area contributed by atoms with Gasteiger partial charge in [0.2, 0.25) is 0 Å². The van der Waals surface area contributed by atoms with E-state index in [0.717, 1.165) is 25.7 Å². The van der Waals surface area contributed by atoms with Crippen LogP contribution in [0, 0.1) is 11.3 Å². The normalized spacial score (nSPS) is 26.7. The highest BCUT2D eigenvalue weighted by atomic mass is 19.4. The van der Waals surface area contributed by atoms with Gasteiger partial charge in [-0.2, -0.15) is 13.2 Å². The third-order valence-electron chi connectivity index (χ3n) is 6.96. The third kappa shape index (κ3) is 4.39. The number of alkyl halides is 3. The van der Waals surface area contributed by atoms with E-state index in [9.17, 15) is 18.0 Å². The first-order chi connectivity index (χ1) is 14.9. The average Bonchev–Trinajstić information content (AvgIpc) is 3.06. The second kappa shape index (κ2) is 7.85. The number of hydrogen-bond acceptors (Lipinski definition) is 3. The molecule has 2 aromatic carbocycles. The minimum Gasteiger partial charge on any atom is -0.490 e. The molecular weight excluding hydrogens is 419 g/mol. The predicted octanol–water partition coefficient (Wildman–Crippen LogP) is 6.80. The maximum Gasteiger partial charge on any atom is 0.420 e. The highest BCUT2D eigenvalue weighted by Gasteiger charge is 2.40. The van der Waals surface area contributed by atoms with Crippen LogP contribution in [0.4, 0.5) is 18.0 Å². The topological polar surface area (TPSA) is 47.6 Å². The zero-order valence-electron chi connectivity index (χ0n) is 18.9. The molecule has 2 fully saturated rings. The van der Waals surface area contributed by atoms with Gasteiger partial charge < -0.3 is 14.8 Å². The second-order valence-corrected chi connectivity index (χ2v) is 10.4. The van der Waals surface area contributed by atoms with E-state index < -0.39 is 23.4 Å². The van der Waals surface area contributed by atoms with Crippen molar-refractivity contribution in [3.8, 4) is 5.75 Å². The maximum absolute atomic E-state index is 14.1. The smallest absolute Gasteiger partial charge is 0.420 e. The molecule has 32 heavy (non-hydrogen) atoms. The summed E-state index contributed by atoms with van der Waals surface area (Å²) in [4.78, 5) is 11.5. The Bertz CT molecular complexity index is 1020. The third-order valence-corrected chi connectivity index (χ3v) is 6.96. The number of carbonyl (C=O) groups excluding carboxylic acids is 1. The van der Waals surface area contributed by atoms with Crippen LogP contribution in [0.25, 0.3) is 10.8 Å². The summed E-state index contributed by atoms with van der Waals surface area (Å²) < 4.78 is 53.3. The first-order valence-corrected chi connectivity index (χ1v) is 11.1. The zero-order chi connectivity index (χ0) is 23.3. The highest BCUT2D eigenvalue weighted by molar-refractivity contribution is 5.89. The van der Waals surface area contributed by atoms with E-state index in [2.05, 4.69) is 26.1 Å². The molecule has 174 valence electrons. The fourth-order valence-electron chi connectivity index (χ4n) is 4.93. The zero-order valence-corrected chi connectivity index (χ0v) is 18.9. The molecule has 1 atom stereocenters. The van der Waals surface area contributed by atoms with Crippen molar-refractivity contribution >= 4 is 16.9 Å². The van der Waals surface area contributed by atoms with Crippen molar-refractivity contribution in [1.29, 1.82) is 0 Å². The van der Waals surface area contributed by atoms with E-state index in [1.165, 1.54) is 12.1 Å². The van der Waals surface area contributed by atoms with Gasteiger partial charge in [-0.1, -0.05) is 39.0 Å². The molecule has 1 N–H and O–H groups in total. The first kappa shape index (κ1) is 22.7. The van der Waals surface area contributed by atoms with Gasteiger partial charge in [-0.15, -0.1) is 0 Å². The van der Waals surface area contributed by atoms with Crippen LogP contribution in [0.2, 0.25) is 0 Å². The van der Waals surface area contributed by atoms with Crippen LogP contribution in [-0.2, 0) is 16.5 Å². The largest absolute Gasteiger partial charge is 0.490 e. The van der Waals surface area contributed by atoms with Crippen LogP contribution in [0.15, 0.2) is 30.3 Å². The summed E-state index contributed by atoms with van der Waals surface area (Å²) in [6.45, 7) is 8.54. The maximum atomic E-state index is 14.1. The quantitative estimate of drug-likeness (QED) is 0.561. The number of cyclic esters (lactones) is 1. The van der Waals surface area contributed by atoms with E-state index in [0.29, 0.717) is 16.9 Å². The molecule has 0 aromatic heterocycles. The molecule has 0 radical (unpaired) electrons.